The van der Waals surface area contributed by atoms with E-state index in [4.69, 9.17) is 10.8 Å². The van der Waals surface area contributed by atoms with Gasteiger partial charge in [0.15, 0.2) is 0 Å². The zero-order chi connectivity index (χ0) is 12.3. The monoisotopic (exact) mass is 222 g/mol. The Morgan fingerprint density at radius 2 is 2.00 bits per heavy atom. The molecule has 4 N–H and O–H groups in total. The Morgan fingerprint density at radius 3 is 2.44 bits per heavy atom. The van der Waals surface area contributed by atoms with Crippen molar-refractivity contribution in [2.24, 2.45) is 0 Å². The molecule has 0 aliphatic heterocycles. The molecule has 5 nitrogen and oxygen atoms in total. The molecule has 0 aromatic heterocycles. The minimum Gasteiger partial charge on any atom is -0.478 e. The van der Waals surface area contributed by atoms with Crippen LogP contribution in [-0.4, -0.2) is 23.0 Å². The number of carbonyl (C=O) groups excluding carboxylic acids is 1. The molecule has 16 heavy (non-hydrogen) atoms. The van der Waals surface area contributed by atoms with E-state index in [2.05, 4.69) is 5.32 Å². The van der Waals surface area contributed by atoms with Crippen molar-refractivity contribution in [3.05, 3.63) is 29.3 Å². The number of carboxylic acid groups (broad SMARTS) is 1. The van der Waals surface area contributed by atoms with Crippen molar-refractivity contribution in [3.8, 4) is 0 Å². The van der Waals surface area contributed by atoms with E-state index in [1.54, 1.807) is 0 Å². The van der Waals surface area contributed by atoms with Crippen LogP contribution in [0.4, 0.5) is 5.69 Å². The second-order valence-electron chi connectivity index (χ2n) is 3.74. The van der Waals surface area contributed by atoms with Crippen LogP contribution >= 0.6 is 0 Å². The lowest BCUT2D eigenvalue weighted by atomic mass is 10.1. The molecule has 0 aliphatic carbocycles. The van der Waals surface area contributed by atoms with E-state index in [1.165, 1.54) is 18.2 Å². The fourth-order valence-corrected chi connectivity index (χ4v) is 1.24. The third kappa shape index (κ3) is 2.73. The number of rotatable bonds is 3. The van der Waals surface area contributed by atoms with Gasteiger partial charge in [0.1, 0.15) is 0 Å². The van der Waals surface area contributed by atoms with E-state index in [1.807, 2.05) is 13.8 Å². The summed E-state index contributed by atoms with van der Waals surface area (Å²) in [5.41, 5.74) is 5.98. The van der Waals surface area contributed by atoms with Gasteiger partial charge in [-0.2, -0.15) is 0 Å². The van der Waals surface area contributed by atoms with E-state index in [0.717, 1.165) is 0 Å². The second-order valence-corrected chi connectivity index (χ2v) is 3.74. The molecule has 1 rings (SSSR count). The topological polar surface area (TPSA) is 92.4 Å². The molecule has 1 amide bonds. The quantitative estimate of drug-likeness (QED) is 0.668. The SMILES string of the molecule is CC(C)NC(=O)c1ccc(C(=O)O)c(N)c1. The summed E-state index contributed by atoms with van der Waals surface area (Å²) in [7, 11) is 0. The van der Waals surface area contributed by atoms with Crippen molar-refractivity contribution < 1.29 is 14.7 Å². The van der Waals surface area contributed by atoms with Crippen molar-refractivity contribution >= 4 is 17.6 Å². The van der Waals surface area contributed by atoms with Crippen molar-refractivity contribution in [2.75, 3.05) is 5.73 Å². The Labute approximate surface area is 93.3 Å². The first-order valence-corrected chi connectivity index (χ1v) is 4.85. The van der Waals surface area contributed by atoms with Gasteiger partial charge in [-0.15, -0.1) is 0 Å². The lowest BCUT2D eigenvalue weighted by molar-refractivity contribution is 0.0697. The summed E-state index contributed by atoms with van der Waals surface area (Å²) in [6.07, 6.45) is 0. The highest BCUT2D eigenvalue weighted by atomic mass is 16.4. The summed E-state index contributed by atoms with van der Waals surface area (Å²) < 4.78 is 0. The molecule has 0 bridgehead atoms. The van der Waals surface area contributed by atoms with Crippen molar-refractivity contribution in [1.82, 2.24) is 5.32 Å². The molecule has 0 spiro atoms. The first-order chi connectivity index (χ1) is 7.41. The molecule has 0 saturated carbocycles. The summed E-state index contributed by atoms with van der Waals surface area (Å²) >= 11 is 0. The number of carboxylic acids is 1. The first kappa shape index (κ1) is 12.0. The molecule has 0 saturated heterocycles. The molecule has 5 heteroatoms. The average molecular weight is 222 g/mol. The number of amides is 1. The summed E-state index contributed by atoms with van der Waals surface area (Å²) in [6, 6.07) is 4.15. The largest absolute Gasteiger partial charge is 0.478 e. The number of hydrogen-bond donors (Lipinski definition) is 3. The van der Waals surface area contributed by atoms with Crippen molar-refractivity contribution in [2.45, 2.75) is 19.9 Å². The van der Waals surface area contributed by atoms with Crippen LogP contribution in [-0.2, 0) is 0 Å². The third-order valence-electron chi connectivity index (χ3n) is 1.96. The zero-order valence-corrected chi connectivity index (χ0v) is 9.15. The van der Waals surface area contributed by atoms with Crippen LogP contribution in [0.15, 0.2) is 18.2 Å². The maximum absolute atomic E-state index is 11.6. The van der Waals surface area contributed by atoms with E-state index in [9.17, 15) is 9.59 Å². The van der Waals surface area contributed by atoms with Gasteiger partial charge in [0.25, 0.3) is 5.91 Å². The lowest BCUT2D eigenvalue weighted by Gasteiger charge is -2.09. The highest BCUT2D eigenvalue weighted by Crippen LogP contribution is 2.14. The highest BCUT2D eigenvalue weighted by molar-refractivity contribution is 5.99. The standard InChI is InChI=1S/C11H14N2O3/c1-6(2)13-10(14)7-3-4-8(11(15)16)9(12)5-7/h3-6H,12H2,1-2H3,(H,13,14)(H,15,16). The Bertz CT molecular complexity index is 427. The number of benzene rings is 1. The molecule has 0 fully saturated rings. The Balaban J connectivity index is 2.97. The molecule has 1 aromatic carbocycles. The normalized spacial score (nSPS) is 10.2. The van der Waals surface area contributed by atoms with Crippen LogP contribution in [0.3, 0.4) is 0 Å². The Hall–Kier alpha value is -2.04. The minimum absolute atomic E-state index is 0.00102. The van der Waals surface area contributed by atoms with Gasteiger partial charge in [-0.05, 0) is 32.0 Å². The van der Waals surface area contributed by atoms with Crippen LogP contribution in [0, 0.1) is 0 Å². The van der Waals surface area contributed by atoms with Gasteiger partial charge in [-0.25, -0.2) is 4.79 Å². The summed E-state index contributed by atoms with van der Waals surface area (Å²) in [6.45, 7) is 3.68. The molecule has 0 unspecified atom stereocenters. The van der Waals surface area contributed by atoms with Gasteiger partial charge in [0.05, 0.1) is 5.56 Å². The van der Waals surface area contributed by atoms with Crippen LogP contribution in [0.25, 0.3) is 0 Å². The lowest BCUT2D eigenvalue weighted by Crippen LogP contribution is -2.30. The smallest absolute Gasteiger partial charge is 0.337 e. The number of anilines is 1. The minimum atomic E-state index is -1.10. The van der Waals surface area contributed by atoms with E-state index in [-0.39, 0.29) is 23.2 Å². The summed E-state index contributed by atoms with van der Waals surface area (Å²) in [5.74, 6) is -1.37. The second kappa shape index (κ2) is 4.65. The number of carbonyl (C=O) groups is 2. The molecule has 0 radical (unpaired) electrons. The first-order valence-electron chi connectivity index (χ1n) is 4.85. The van der Waals surface area contributed by atoms with Gasteiger partial charge < -0.3 is 16.2 Å². The molecule has 86 valence electrons. The maximum atomic E-state index is 11.6. The fourth-order valence-electron chi connectivity index (χ4n) is 1.24. The van der Waals surface area contributed by atoms with Gasteiger partial charge in [-0.1, -0.05) is 0 Å². The third-order valence-corrected chi connectivity index (χ3v) is 1.96. The molecular formula is C11H14N2O3. The van der Waals surface area contributed by atoms with Crippen molar-refractivity contribution in [3.63, 3.8) is 0 Å². The van der Waals surface area contributed by atoms with E-state index < -0.39 is 5.97 Å². The van der Waals surface area contributed by atoms with Crippen LogP contribution in [0.2, 0.25) is 0 Å². The number of hydrogen-bond acceptors (Lipinski definition) is 3. The van der Waals surface area contributed by atoms with E-state index in [0.29, 0.717) is 5.56 Å². The summed E-state index contributed by atoms with van der Waals surface area (Å²) in [4.78, 5) is 22.3. The molecular weight excluding hydrogens is 208 g/mol. The number of aromatic carboxylic acids is 1. The van der Waals surface area contributed by atoms with E-state index >= 15 is 0 Å². The predicted molar refractivity (Wildman–Crippen MR) is 60.4 cm³/mol. The van der Waals surface area contributed by atoms with Crippen LogP contribution in [0.1, 0.15) is 34.6 Å². The van der Waals surface area contributed by atoms with Crippen molar-refractivity contribution in [1.29, 1.82) is 0 Å². The van der Waals surface area contributed by atoms with Gasteiger partial charge in [0, 0.05) is 17.3 Å². The molecule has 0 aliphatic rings. The summed E-state index contributed by atoms with van der Waals surface area (Å²) in [5, 5.41) is 11.5. The Kier molecular flexibility index (Phi) is 3.50. The fraction of sp³-hybridized carbons (Fsp3) is 0.273. The average Bonchev–Trinajstić information content (AvgIpc) is 2.15. The van der Waals surface area contributed by atoms with Crippen LogP contribution < -0.4 is 11.1 Å². The molecule has 1 aromatic rings. The maximum Gasteiger partial charge on any atom is 0.337 e. The van der Waals surface area contributed by atoms with Gasteiger partial charge >= 0.3 is 5.97 Å². The number of nitrogen functional groups attached to an aromatic ring is 1. The number of nitrogens with one attached hydrogen (secondary N) is 1. The molecule has 0 atom stereocenters. The predicted octanol–water partition coefficient (Wildman–Crippen LogP) is 1.11. The molecule has 0 heterocycles. The number of nitrogens with two attached hydrogens (primary N) is 1. The highest BCUT2D eigenvalue weighted by Gasteiger charge is 2.12. The van der Waals surface area contributed by atoms with Crippen LogP contribution in [0.5, 0.6) is 0 Å². The Morgan fingerprint density at radius 1 is 1.38 bits per heavy atom. The van der Waals surface area contributed by atoms with Gasteiger partial charge in [0.2, 0.25) is 0 Å². The zero-order valence-electron chi connectivity index (χ0n) is 9.15. The van der Waals surface area contributed by atoms with Gasteiger partial charge in [-0.3, -0.25) is 4.79 Å².